The predicted molar refractivity (Wildman–Crippen MR) is 123 cm³/mol. The average Bonchev–Trinajstić information content (AvgIpc) is 2.75. The van der Waals surface area contributed by atoms with Crippen molar-refractivity contribution in [2.75, 3.05) is 20.1 Å². The molecule has 162 valence electrons. The molecule has 0 aliphatic carbocycles. The van der Waals surface area contributed by atoms with E-state index in [4.69, 9.17) is 10.5 Å². The highest BCUT2D eigenvalue weighted by atomic mass is 16.5. The summed E-state index contributed by atoms with van der Waals surface area (Å²) in [4.78, 5) is 17.6. The number of hydrogen-bond donors (Lipinski definition) is 1. The molecule has 5 nitrogen and oxygen atoms in total. The van der Waals surface area contributed by atoms with Gasteiger partial charge >= 0.3 is 0 Å². The van der Waals surface area contributed by atoms with Crippen LogP contribution in [0.1, 0.15) is 61.4 Å². The first-order valence-corrected chi connectivity index (χ1v) is 10.9. The lowest BCUT2D eigenvalue weighted by Gasteiger charge is -2.16. The first-order chi connectivity index (χ1) is 14.6. The fourth-order valence-corrected chi connectivity index (χ4v) is 3.09. The monoisotopic (exact) mass is 409 g/mol. The molecule has 1 aromatic carbocycles. The third kappa shape index (κ3) is 9.23. The summed E-state index contributed by atoms with van der Waals surface area (Å²) in [6.45, 7) is 4.40. The van der Waals surface area contributed by atoms with Crippen LogP contribution in [0.3, 0.4) is 0 Å². The van der Waals surface area contributed by atoms with Gasteiger partial charge in [-0.25, -0.2) is 4.98 Å². The Balaban J connectivity index is 1.66. The van der Waals surface area contributed by atoms with Gasteiger partial charge in [0.05, 0.1) is 5.56 Å². The third-order valence-corrected chi connectivity index (χ3v) is 5.00. The van der Waals surface area contributed by atoms with Crippen LogP contribution < -0.4 is 10.5 Å². The Kier molecular flexibility index (Phi) is 10.7. The van der Waals surface area contributed by atoms with Crippen molar-refractivity contribution in [2.24, 2.45) is 5.73 Å². The van der Waals surface area contributed by atoms with Gasteiger partial charge < -0.3 is 15.4 Å². The van der Waals surface area contributed by atoms with Gasteiger partial charge in [-0.3, -0.25) is 4.79 Å². The molecule has 0 fully saturated rings. The standard InChI is InChI=1S/C25H35N3O2/c1-3-4-5-6-7-8-9-10-18-28(2)19-17-21-11-14-23(15-12-21)30-24-16-13-22(20-27-24)25(26)29/h7-8,11-16,20H,3-6,9-10,17-19H2,1-2H3,(H2,26,29)/b8-7+. The Morgan fingerprint density at radius 1 is 1.03 bits per heavy atom. The molecule has 1 aromatic heterocycles. The number of nitrogens with zero attached hydrogens (tertiary/aromatic N) is 2. The first kappa shape index (κ1) is 23.6. The molecule has 2 N–H and O–H groups in total. The summed E-state index contributed by atoms with van der Waals surface area (Å²) in [7, 11) is 2.18. The lowest BCUT2D eigenvalue weighted by molar-refractivity contribution is 0.1000. The van der Waals surface area contributed by atoms with E-state index >= 15 is 0 Å². The van der Waals surface area contributed by atoms with Crippen LogP contribution in [0.4, 0.5) is 0 Å². The van der Waals surface area contributed by atoms with Crippen LogP contribution in [-0.2, 0) is 6.42 Å². The number of carbonyl (C=O) groups excluding carboxylic acids is 1. The smallest absolute Gasteiger partial charge is 0.250 e. The fraction of sp³-hybridized carbons (Fsp3) is 0.440. The number of hydrogen-bond acceptors (Lipinski definition) is 4. The highest BCUT2D eigenvalue weighted by Gasteiger charge is 2.04. The largest absolute Gasteiger partial charge is 0.439 e. The maximum atomic E-state index is 11.1. The van der Waals surface area contributed by atoms with E-state index in [1.807, 2.05) is 12.1 Å². The van der Waals surface area contributed by atoms with Crippen LogP contribution in [0, 0.1) is 0 Å². The van der Waals surface area contributed by atoms with E-state index in [9.17, 15) is 4.79 Å². The maximum absolute atomic E-state index is 11.1. The zero-order valence-corrected chi connectivity index (χ0v) is 18.3. The van der Waals surface area contributed by atoms with E-state index in [1.54, 1.807) is 12.1 Å². The summed E-state index contributed by atoms with van der Waals surface area (Å²) in [5.41, 5.74) is 6.86. The quantitative estimate of drug-likeness (QED) is 0.337. The lowest BCUT2D eigenvalue weighted by atomic mass is 10.1. The molecule has 0 spiro atoms. The number of nitrogens with two attached hydrogens (primary N) is 1. The number of primary amides is 1. The third-order valence-electron chi connectivity index (χ3n) is 5.00. The fourth-order valence-electron chi connectivity index (χ4n) is 3.09. The van der Waals surface area contributed by atoms with E-state index < -0.39 is 5.91 Å². The van der Waals surface area contributed by atoms with Gasteiger partial charge in [-0.2, -0.15) is 0 Å². The van der Waals surface area contributed by atoms with E-state index in [0.717, 1.165) is 31.7 Å². The number of aromatic nitrogens is 1. The number of carbonyl (C=O) groups is 1. The molecule has 0 saturated carbocycles. The number of allylic oxidation sites excluding steroid dienone is 2. The van der Waals surface area contributed by atoms with Crippen LogP contribution in [0.15, 0.2) is 54.7 Å². The number of amides is 1. The average molecular weight is 410 g/mol. The maximum Gasteiger partial charge on any atom is 0.250 e. The van der Waals surface area contributed by atoms with E-state index in [-0.39, 0.29) is 0 Å². The summed E-state index contributed by atoms with van der Waals surface area (Å²) in [6.07, 6.45) is 14.6. The molecule has 0 unspecified atom stereocenters. The normalized spacial score (nSPS) is 11.3. The Morgan fingerprint density at radius 2 is 1.77 bits per heavy atom. The zero-order chi connectivity index (χ0) is 21.6. The summed E-state index contributed by atoms with van der Waals surface area (Å²) in [6, 6.07) is 11.3. The molecule has 0 aliphatic heterocycles. The van der Waals surface area contributed by atoms with E-state index in [2.05, 4.69) is 48.1 Å². The van der Waals surface area contributed by atoms with Crippen LogP contribution >= 0.6 is 0 Å². The molecule has 0 aliphatic rings. The van der Waals surface area contributed by atoms with Gasteiger partial charge in [-0.05, 0) is 69.5 Å². The molecule has 2 rings (SSSR count). The van der Waals surface area contributed by atoms with Crippen LogP contribution in [-0.4, -0.2) is 35.9 Å². The van der Waals surface area contributed by atoms with Gasteiger partial charge in [0.2, 0.25) is 11.8 Å². The van der Waals surface area contributed by atoms with Crippen molar-refractivity contribution in [2.45, 2.75) is 51.9 Å². The molecule has 0 saturated heterocycles. The van der Waals surface area contributed by atoms with Crippen molar-refractivity contribution in [1.82, 2.24) is 9.88 Å². The number of likely N-dealkylation sites (N-methyl/N-ethyl adjacent to an activating group) is 1. The topological polar surface area (TPSA) is 68.5 Å². The summed E-state index contributed by atoms with van der Waals surface area (Å²) in [5, 5.41) is 0. The Hall–Kier alpha value is -2.66. The van der Waals surface area contributed by atoms with Crippen molar-refractivity contribution >= 4 is 5.91 Å². The van der Waals surface area contributed by atoms with Crippen LogP contribution in [0.5, 0.6) is 11.6 Å². The van der Waals surface area contributed by atoms with Crippen molar-refractivity contribution in [3.05, 3.63) is 65.9 Å². The van der Waals surface area contributed by atoms with Gasteiger partial charge in [0.1, 0.15) is 5.75 Å². The van der Waals surface area contributed by atoms with Crippen molar-refractivity contribution < 1.29 is 9.53 Å². The Morgan fingerprint density at radius 3 is 2.40 bits per heavy atom. The number of unbranched alkanes of at least 4 members (excludes halogenated alkanes) is 4. The minimum Gasteiger partial charge on any atom is -0.439 e. The van der Waals surface area contributed by atoms with Gasteiger partial charge in [0, 0.05) is 18.8 Å². The number of benzene rings is 1. The van der Waals surface area contributed by atoms with E-state index in [0.29, 0.717) is 11.4 Å². The number of rotatable bonds is 14. The minimum atomic E-state index is -0.498. The molecule has 5 heteroatoms. The summed E-state index contributed by atoms with van der Waals surface area (Å²) >= 11 is 0. The molecular weight excluding hydrogens is 374 g/mol. The molecule has 1 heterocycles. The van der Waals surface area contributed by atoms with Crippen LogP contribution in [0.2, 0.25) is 0 Å². The highest BCUT2D eigenvalue weighted by molar-refractivity contribution is 5.92. The molecule has 1 amide bonds. The molecule has 0 radical (unpaired) electrons. The van der Waals surface area contributed by atoms with Gasteiger partial charge in [-0.15, -0.1) is 0 Å². The zero-order valence-electron chi connectivity index (χ0n) is 18.3. The SMILES string of the molecule is CCCCC/C=C/CCCN(C)CCc1ccc(Oc2ccc(C(N)=O)cn2)cc1. The second kappa shape index (κ2) is 13.5. The highest BCUT2D eigenvalue weighted by Crippen LogP contribution is 2.20. The van der Waals surface area contributed by atoms with Crippen molar-refractivity contribution in [3.63, 3.8) is 0 Å². The van der Waals surface area contributed by atoms with Gasteiger partial charge in [-0.1, -0.05) is 44.1 Å². The van der Waals surface area contributed by atoms with Gasteiger partial charge in [0.15, 0.2) is 0 Å². The number of ether oxygens (including phenoxy) is 1. The van der Waals surface area contributed by atoms with Crippen molar-refractivity contribution in [1.29, 1.82) is 0 Å². The first-order valence-electron chi connectivity index (χ1n) is 10.9. The summed E-state index contributed by atoms with van der Waals surface area (Å²) in [5.74, 6) is 0.659. The predicted octanol–water partition coefficient (Wildman–Crippen LogP) is 5.36. The second-order valence-corrected chi connectivity index (χ2v) is 7.66. The molecule has 30 heavy (non-hydrogen) atoms. The van der Waals surface area contributed by atoms with Crippen molar-refractivity contribution in [3.8, 4) is 11.6 Å². The molecular formula is C25H35N3O2. The Bertz CT molecular complexity index is 770. The number of pyridine rings is 1. The second-order valence-electron chi connectivity index (χ2n) is 7.66. The molecule has 0 bridgehead atoms. The molecule has 0 atom stereocenters. The Labute approximate surface area is 181 Å². The van der Waals surface area contributed by atoms with Crippen LogP contribution in [0.25, 0.3) is 0 Å². The minimum absolute atomic E-state index is 0.366. The van der Waals surface area contributed by atoms with Gasteiger partial charge in [0.25, 0.3) is 0 Å². The lowest BCUT2D eigenvalue weighted by Crippen LogP contribution is -2.22. The summed E-state index contributed by atoms with van der Waals surface area (Å²) < 4.78 is 5.72. The van der Waals surface area contributed by atoms with E-state index in [1.165, 1.54) is 43.9 Å². The molecule has 2 aromatic rings.